The standard InChI is InChI=1S/C16H20N4O2S/c1-10(2)12-9-22-16(21)20(12)14-6-7-17-15(19-14)18-11(3)13-5-4-8-23-13/h4-8,10-12H,9H2,1-3H3,(H,17,18,19)/t11-,12?/m1/s1. The molecule has 1 N–H and O–H groups in total. The van der Waals surface area contributed by atoms with Crippen molar-refractivity contribution in [2.45, 2.75) is 32.9 Å². The zero-order valence-corrected chi connectivity index (χ0v) is 14.2. The van der Waals surface area contributed by atoms with Crippen LogP contribution in [0.4, 0.5) is 16.6 Å². The van der Waals surface area contributed by atoms with Crippen molar-refractivity contribution in [3.63, 3.8) is 0 Å². The van der Waals surface area contributed by atoms with Gasteiger partial charge in [0.05, 0.1) is 12.1 Å². The van der Waals surface area contributed by atoms with E-state index in [-0.39, 0.29) is 24.1 Å². The van der Waals surface area contributed by atoms with Crippen molar-refractivity contribution < 1.29 is 9.53 Å². The number of nitrogens with zero attached hydrogens (tertiary/aromatic N) is 3. The molecule has 1 aliphatic heterocycles. The monoisotopic (exact) mass is 332 g/mol. The fourth-order valence-electron chi connectivity index (χ4n) is 2.55. The second-order valence-corrected chi connectivity index (χ2v) is 6.86. The second kappa shape index (κ2) is 6.54. The van der Waals surface area contributed by atoms with Crippen molar-refractivity contribution in [1.29, 1.82) is 0 Å². The maximum absolute atomic E-state index is 12.0. The van der Waals surface area contributed by atoms with Gasteiger partial charge in [-0.15, -0.1) is 11.3 Å². The minimum Gasteiger partial charge on any atom is -0.447 e. The molecular formula is C16H20N4O2S. The number of hydrogen-bond acceptors (Lipinski definition) is 6. The van der Waals surface area contributed by atoms with E-state index in [4.69, 9.17) is 4.74 Å². The van der Waals surface area contributed by atoms with Crippen LogP contribution in [0.1, 0.15) is 31.7 Å². The first-order chi connectivity index (χ1) is 11.1. The van der Waals surface area contributed by atoms with E-state index in [1.54, 1.807) is 28.5 Å². The highest BCUT2D eigenvalue weighted by Gasteiger charge is 2.37. The molecule has 0 aliphatic carbocycles. The Morgan fingerprint density at radius 1 is 1.39 bits per heavy atom. The highest BCUT2D eigenvalue weighted by Crippen LogP contribution is 2.27. The van der Waals surface area contributed by atoms with E-state index in [1.807, 2.05) is 11.4 Å². The molecule has 2 aromatic heterocycles. The summed E-state index contributed by atoms with van der Waals surface area (Å²) in [5, 5.41) is 5.32. The molecule has 122 valence electrons. The van der Waals surface area contributed by atoms with Crippen molar-refractivity contribution in [3.05, 3.63) is 34.7 Å². The molecule has 7 heteroatoms. The van der Waals surface area contributed by atoms with Gasteiger partial charge in [-0.2, -0.15) is 4.98 Å². The van der Waals surface area contributed by atoms with E-state index in [1.165, 1.54) is 4.88 Å². The van der Waals surface area contributed by atoms with Crippen molar-refractivity contribution >= 4 is 29.2 Å². The van der Waals surface area contributed by atoms with Crippen LogP contribution < -0.4 is 10.2 Å². The third-order valence-electron chi connectivity index (χ3n) is 3.88. The average molecular weight is 332 g/mol. The molecule has 1 fully saturated rings. The molecule has 3 heterocycles. The Morgan fingerprint density at radius 3 is 2.91 bits per heavy atom. The summed E-state index contributed by atoms with van der Waals surface area (Å²) in [7, 11) is 0. The van der Waals surface area contributed by atoms with Crippen molar-refractivity contribution in [3.8, 4) is 0 Å². The van der Waals surface area contributed by atoms with Gasteiger partial charge in [0.25, 0.3) is 0 Å². The number of hydrogen-bond donors (Lipinski definition) is 1. The van der Waals surface area contributed by atoms with E-state index in [0.717, 1.165) is 0 Å². The number of aromatic nitrogens is 2. The molecular weight excluding hydrogens is 312 g/mol. The Hall–Kier alpha value is -2.15. The lowest BCUT2D eigenvalue weighted by atomic mass is 10.0. The summed E-state index contributed by atoms with van der Waals surface area (Å²) in [4.78, 5) is 23.6. The minimum absolute atomic E-state index is 0.0000283. The largest absolute Gasteiger partial charge is 0.447 e. The van der Waals surface area contributed by atoms with Gasteiger partial charge in [-0.1, -0.05) is 19.9 Å². The van der Waals surface area contributed by atoms with E-state index in [0.29, 0.717) is 18.4 Å². The number of rotatable bonds is 5. The predicted octanol–water partition coefficient (Wildman–Crippen LogP) is 3.69. The SMILES string of the molecule is CC(C)C1COC(=O)N1c1ccnc(N[C@H](C)c2cccs2)n1. The Balaban J connectivity index is 1.81. The number of carbonyl (C=O) groups excluding carboxylic acids is 1. The topological polar surface area (TPSA) is 67.3 Å². The van der Waals surface area contributed by atoms with E-state index in [9.17, 15) is 4.79 Å². The Morgan fingerprint density at radius 2 is 2.22 bits per heavy atom. The third-order valence-corrected chi connectivity index (χ3v) is 4.93. The van der Waals surface area contributed by atoms with Crippen LogP contribution in [0.5, 0.6) is 0 Å². The zero-order valence-electron chi connectivity index (χ0n) is 13.4. The van der Waals surface area contributed by atoms with Gasteiger partial charge >= 0.3 is 6.09 Å². The molecule has 0 saturated carbocycles. The lowest BCUT2D eigenvalue weighted by molar-refractivity contribution is 0.177. The molecule has 0 radical (unpaired) electrons. The predicted molar refractivity (Wildman–Crippen MR) is 90.8 cm³/mol. The summed E-state index contributed by atoms with van der Waals surface area (Å²) in [5.41, 5.74) is 0. The molecule has 23 heavy (non-hydrogen) atoms. The van der Waals surface area contributed by atoms with Gasteiger partial charge in [0, 0.05) is 11.1 Å². The van der Waals surface area contributed by atoms with E-state index >= 15 is 0 Å². The third kappa shape index (κ3) is 3.29. The smallest absolute Gasteiger partial charge is 0.415 e. The molecule has 0 spiro atoms. The van der Waals surface area contributed by atoms with E-state index in [2.05, 4.69) is 42.1 Å². The van der Waals surface area contributed by atoms with Gasteiger partial charge in [0.1, 0.15) is 12.4 Å². The summed E-state index contributed by atoms with van der Waals surface area (Å²) >= 11 is 1.68. The maximum Gasteiger partial charge on any atom is 0.415 e. The highest BCUT2D eigenvalue weighted by atomic mass is 32.1. The fraction of sp³-hybridized carbons (Fsp3) is 0.438. The van der Waals surface area contributed by atoms with E-state index < -0.39 is 0 Å². The van der Waals surface area contributed by atoms with Crippen molar-refractivity contribution in [1.82, 2.24) is 9.97 Å². The average Bonchev–Trinajstić information content (AvgIpc) is 3.16. The lowest BCUT2D eigenvalue weighted by Crippen LogP contribution is -2.37. The number of ether oxygens (including phenoxy) is 1. The second-order valence-electron chi connectivity index (χ2n) is 5.88. The number of cyclic esters (lactones) is 1. The maximum atomic E-state index is 12.0. The van der Waals surface area contributed by atoms with Crippen LogP contribution in [0.25, 0.3) is 0 Å². The molecule has 1 unspecified atom stereocenters. The summed E-state index contributed by atoms with van der Waals surface area (Å²) in [6, 6.07) is 5.93. The van der Waals surface area contributed by atoms with Crippen LogP contribution >= 0.6 is 11.3 Å². The zero-order chi connectivity index (χ0) is 16.4. The Kier molecular flexibility index (Phi) is 4.47. The van der Waals surface area contributed by atoms with Gasteiger partial charge in [0.15, 0.2) is 0 Å². The van der Waals surface area contributed by atoms with Gasteiger partial charge in [-0.3, -0.25) is 4.90 Å². The molecule has 0 aromatic carbocycles. The Bertz CT molecular complexity index is 674. The molecule has 0 bridgehead atoms. The van der Waals surface area contributed by atoms with Gasteiger partial charge in [-0.05, 0) is 30.4 Å². The molecule has 1 amide bonds. The number of anilines is 2. The van der Waals surface area contributed by atoms with Crippen LogP contribution in [0, 0.1) is 5.92 Å². The van der Waals surface area contributed by atoms with Crippen molar-refractivity contribution in [2.24, 2.45) is 5.92 Å². The lowest BCUT2D eigenvalue weighted by Gasteiger charge is -2.23. The molecule has 6 nitrogen and oxygen atoms in total. The molecule has 2 aromatic rings. The highest BCUT2D eigenvalue weighted by molar-refractivity contribution is 7.10. The molecule has 3 rings (SSSR count). The van der Waals surface area contributed by atoms with Crippen LogP contribution in [0.15, 0.2) is 29.8 Å². The minimum atomic E-state index is -0.348. The fourth-order valence-corrected chi connectivity index (χ4v) is 3.28. The quantitative estimate of drug-likeness (QED) is 0.904. The number of amides is 1. The van der Waals surface area contributed by atoms with Gasteiger partial charge in [0.2, 0.25) is 5.95 Å². The Labute approximate surface area is 139 Å². The number of thiophene rings is 1. The van der Waals surface area contributed by atoms with Crippen molar-refractivity contribution in [2.75, 3.05) is 16.8 Å². The normalized spacial score (nSPS) is 19.0. The van der Waals surface area contributed by atoms with Crippen LogP contribution in [0.2, 0.25) is 0 Å². The summed E-state index contributed by atoms with van der Waals surface area (Å²) < 4.78 is 5.18. The first-order valence-electron chi connectivity index (χ1n) is 7.65. The summed E-state index contributed by atoms with van der Waals surface area (Å²) in [6.07, 6.45) is 1.31. The molecule has 1 aliphatic rings. The van der Waals surface area contributed by atoms with Gasteiger partial charge in [-0.25, -0.2) is 9.78 Å². The van der Waals surface area contributed by atoms with Gasteiger partial charge < -0.3 is 10.1 Å². The first kappa shape index (κ1) is 15.7. The first-order valence-corrected chi connectivity index (χ1v) is 8.53. The van der Waals surface area contributed by atoms with Crippen LogP contribution in [0.3, 0.4) is 0 Å². The summed E-state index contributed by atoms with van der Waals surface area (Å²) in [5.74, 6) is 1.37. The van der Waals surface area contributed by atoms with Crippen LogP contribution in [-0.4, -0.2) is 28.7 Å². The molecule has 1 saturated heterocycles. The van der Waals surface area contributed by atoms with Crippen LogP contribution in [-0.2, 0) is 4.74 Å². The number of nitrogens with one attached hydrogen (secondary N) is 1. The molecule has 2 atom stereocenters. The number of carbonyl (C=O) groups is 1. The summed E-state index contributed by atoms with van der Waals surface area (Å²) in [6.45, 7) is 6.59.